The van der Waals surface area contributed by atoms with Gasteiger partial charge in [-0.05, 0) is 30.4 Å². The largest absolute Gasteiger partial charge is 0.372 e. The minimum atomic E-state index is -1.79. The van der Waals surface area contributed by atoms with Crippen LogP contribution < -0.4 is 5.43 Å². The Bertz CT molecular complexity index is 655. The lowest BCUT2D eigenvalue weighted by atomic mass is 9.85. The maximum atomic E-state index is 12.8. The number of hydrazone groups is 1. The number of hydrogen-bond donors (Lipinski definition) is 2. The fraction of sp³-hybridized carbons (Fsp3) is 0.300. The summed E-state index contributed by atoms with van der Waals surface area (Å²) >= 11 is 0. The quantitative estimate of drug-likeness (QED) is 0.631. The first-order valence-corrected chi connectivity index (χ1v) is 8.11. The van der Waals surface area contributed by atoms with Crippen LogP contribution >= 0.6 is 0 Å². The third-order valence-electron chi connectivity index (χ3n) is 3.76. The topological polar surface area (TPSA) is 61.7 Å². The Hall–Kier alpha value is -2.46. The van der Waals surface area contributed by atoms with Gasteiger partial charge >= 0.3 is 0 Å². The van der Waals surface area contributed by atoms with E-state index >= 15 is 0 Å². The number of aliphatic hydroxyl groups is 1. The fourth-order valence-corrected chi connectivity index (χ4v) is 2.65. The van der Waals surface area contributed by atoms with Gasteiger partial charge in [0.2, 0.25) is 0 Å². The van der Waals surface area contributed by atoms with Crippen LogP contribution in [0.25, 0.3) is 0 Å². The first kappa shape index (κ1) is 17.9. The minimum absolute atomic E-state index is 0.452. The number of carbonyl (C=O) groups excluding carboxylic acids is 1. The van der Waals surface area contributed by atoms with Gasteiger partial charge < -0.3 is 5.11 Å². The van der Waals surface area contributed by atoms with E-state index in [1.165, 1.54) is 0 Å². The van der Waals surface area contributed by atoms with Crippen LogP contribution in [0.2, 0.25) is 0 Å². The van der Waals surface area contributed by atoms with Crippen molar-refractivity contribution in [2.24, 2.45) is 11.0 Å². The average Bonchev–Trinajstić information content (AvgIpc) is 2.60. The fourth-order valence-electron chi connectivity index (χ4n) is 2.65. The Labute approximate surface area is 143 Å². The van der Waals surface area contributed by atoms with E-state index in [9.17, 15) is 9.90 Å². The summed E-state index contributed by atoms with van der Waals surface area (Å²) in [5.74, 6) is -0.115. The van der Waals surface area contributed by atoms with Crippen LogP contribution in [0, 0.1) is 5.92 Å². The van der Waals surface area contributed by atoms with Crippen molar-refractivity contribution < 1.29 is 9.90 Å². The molecule has 4 heteroatoms. The predicted octanol–water partition coefficient (Wildman–Crippen LogP) is 3.46. The zero-order chi connectivity index (χ0) is 17.6. The second kappa shape index (κ2) is 7.88. The molecule has 0 aliphatic heterocycles. The van der Waals surface area contributed by atoms with E-state index in [-0.39, 0.29) is 0 Å². The SMILES string of the molecule is C/C(CC(C)C)=N/NC(=O)C(O)(c1ccccc1)c1ccccc1. The molecule has 0 radical (unpaired) electrons. The molecular weight excluding hydrogens is 300 g/mol. The Kier molecular flexibility index (Phi) is 5.88. The summed E-state index contributed by atoms with van der Waals surface area (Å²) in [5.41, 5.74) is 2.57. The molecule has 0 atom stereocenters. The van der Waals surface area contributed by atoms with Gasteiger partial charge in [-0.25, -0.2) is 5.43 Å². The molecule has 0 aromatic heterocycles. The van der Waals surface area contributed by atoms with Gasteiger partial charge in [-0.1, -0.05) is 74.5 Å². The van der Waals surface area contributed by atoms with E-state index in [1.807, 2.05) is 19.1 Å². The molecule has 2 rings (SSSR count). The standard InChI is InChI=1S/C20H24N2O2/c1-15(2)14-16(3)21-22-19(23)20(24,17-10-6-4-7-11-17)18-12-8-5-9-13-18/h4-13,15,24H,14H2,1-3H3,(H,22,23)/b21-16-. The van der Waals surface area contributed by atoms with Crippen molar-refractivity contribution >= 4 is 11.6 Å². The lowest BCUT2D eigenvalue weighted by Gasteiger charge is -2.27. The molecular formula is C20H24N2O2. The molecule has 0 fully saturated rings. The van der Waals surface area contributed by atoms with Crippen molar-refractivity contribution in [3.8, 4) is 0 Å². The van der Waals surface area contributed by atoms with Crippen molar-refractivity contribution in [2.45, 2.75) is 32.8 Å². The highest BCUT2D eigenvalue weighted by Gasteiger charge is 2.39. The highest BCUT2D eigenvalue weighted by atomic mass is 16.3. The summed E-state index contributed by atoms with van der Waals surface area (Å²) in [6.07, 6.45) is 0.787. The summed E-state index contributed by atoms with van der Waals surface area (Å²) in [4.78, 5) is 12.8. The normalized spacial score (nSPS) is 12.3. The van der Waals surface area contributed by atoms with Gasteiger partial charge in [-0.15, -0.1) is 0 Å². The van der Waals surface area contributed by atoms with E-state index in [1.54, 1.807) is 48.5 Å². The monoisotopic (exact) mass is 324 g/mol. The first-order valence-electron chi connectivity index (χ1n) is 8.11. The van der Waals surface area contributed by atoms with E-state index < -0.39 is 11.5 Å². The van der Waals surface area contributed by atoms with Crippen LogP contribution in [0.1, 0.15) is 38.3 Å². The van der Waals surface area contributed by atoms with Gasteiger partial charge in [0.25, 0.3) is 5.91 Å². The molecule has 2 N–H and O–H groups in total. The molecule has 0 aliphatic rings. The van der Waals surface area contributed by atoms with E-state index in [4.69, 9.17) is 0 Å². The second-order valence-electron chi connectivity index (χ2n) is 6.33. The summed E-state index contributed by atoms with van der Waals surface area (Å²) in [7, 11) is 0. The minimum Gasteiger partial charge on any atom is -0.372 e. The van der Waals surface area contributed by atoms with E-state index in [0.717, 1.165) is 12.1 Å². The maximum absolute atomic E-state index is 12.8. The molecule has 126 valence electrons. The molecule has 4 nitrogen and oxygen atoms in total. The number of nitrogens with zero attached hydrogens (tertiary/aromatic N) is 1. The van der Waals surface area contributed by atoms with Crippen molar-refractivity contribution in [3.63, 3.8) is 0 Å². The number of rotatable bonds is 6. The van der Waals surface area contributed by atoms with Crippen molar-refractivity contribution in [3.05, 3.63) is 71.8 Å². The van der Waals surface area contributed by atoms with Crippen LogP contribution in [0.5, 0.6) is 0 Å². The third kappa shape index (κ3) is 4.09. The molecule has 2 aromatic carbocycles. The Morgan fingerprint density at radius 1 is 1.04 bits per heavy atom. The molecule has 0 aliphatic carbocycles. The van der Waals surface area contributed by atoms with Crippen molar-refractivity contribution in [1.29, 1.82) is 0 Å². The Balaban J connectivity index is 2.35. The van der Waals surface area contributed by atoms with E-state index in [0.29, 0.717) is 17.0 Å². The molecule has 0 unspecified atom stereocenters. The van der Waals surface area contributed by atoms with Gasteiger partial charge in [-0.2, -0.15) is 5.10 Å². The first-order chi connectivity index (χ1) is 11.4. The summed E-state index contributed by atoms with van der Waals surface area (Å²) in [6, 6.07) is 17.8. The van der Waals surface area contributed by atoms with Crippen LogP contribution in [0.3, 0.4) is 0 Å². The Morgan fingerprint density at radius 2 is 1.50 bits per heavy atom. The predicted molar refractivity (Wildman–Crippen MR) is 96.6 cm³/mol. The van der Waals surface area contributed by atoms with Gasteiger partial charge in [0, 0.05) is 5.71 Å². The number of hydrogen-bond acceptors (Lipinski definition) is 3. The van der Waals surface area contributed by atoms with Crippen LogP contribution in [-0.2, 0) is 10.4 Å². The van der Waals surface area contributed by atoms with Gasteiger partial charge in [-0.3, -0.25) is 4.79 Å². The maximum Gasteiger partial charge on any atom is 0.281 e. The second-order valence-corrected chi connectivity index (χ2v) is 6.33. The summed E-state index contributed by atoms with van der Waals surface area (Å²) < 4.78 is 0. The average molecular weight is 324 g/mol. The molecule has 0 bridgehead atoms. The molecule has 0 spiro atoms. The third-order valence-corrected chi connectivity index (χ3v) is 3.76. The molecule has 2 aromatic rings. The van der Waals surface area contributed by atoms with Crippen molar-refractivity contribution in [1.82, 2.24) is 5.43 Å². The molecule has 0 saturated carbocycles. The van der Waals surface area contributed by atoms with Crippen molar-refractivity contribution in [2.75, 3.05) is 0 Å². The zero-order valence-corrected chi connectivity index (χ0v) is 14.4. The van der Waals surface area contributed by atoms with Crippen LogP contribution in [0.4, 0.5) is 0 Å². The van der Waals surface area contributed by atoms with E-state index in [2.05, 4.69) is 24.4 Å². The molecule has 0 heterocycles. The van der Waals surface area contributed by atoms with Gasteiger partial charge in [0.1, 0.15) is 0 Å². The number of carbonyl (C=O) groups is 1. The molecule has 1 amide bonds. The molecule has 0 saturated heterocycles. The lowest BCUT2D eigenvalue weighted by molar-refractivity contribution is -0.136. The number of benzene rings is 2. The highest BCUT2D eigenvalue weighted by Crippen LogP contribution is 2.29. The van der Waals surface area contributed by atoms with Crippen LogP contribution in [-0.4, -0.2) is 16.7 Å². The van der Waals surface area contributed by atoms with Gasteiger partial charge in [0.15, 0.2) is 5.60 Å². The van der Waals surface area contributed by atoms with Gasteiger partial charge in [0.05, 0.1) is 0 Å². The Morgan fingerprint density at radius 3 is 1.92 bits per heavy atom. The highest BCUT2D eigenvalue weighted by molar-refractivity contribution is 5.91. The number of amides is 1. The number of nitrogens with one attached hydrogen (secondary N) is 1. The smallest absolute Gasteiger partial charge is 0.281 e. The zero-order valence-electron chi connectivity index (χ0n) is 14.4. The van der Waals surface area contributed by atoms with Crippen LogP contribution in [0.15, 0.2) is 65.8 Å². The summed E-state index contributed by atoms with van der Waals surface area (Å²) in [5, 5.41) is 15.4. The molecule has 24 heavy (non-hydrogen) atoms. The lowest BCUT2D eigenvalue weighted by Crippen LogP contribution is -2.43. The summed E-state index contributed by atoms with van der Waals surface area (Å²) in [6.45, 7) is 6.04.